The summed E-state index contributed by atoms with van der Waals surface area (Å²) in [4.78, 5) is 0. The largest absolute Gasteiger partial charge is 0.332 e. The molecule has 28 heavy (non-hydrogen) atoms. The molecule has 0 bridgehead atoms. The van der Waals surface area contributed by atoms with Gasteiger partial charge in [0.25, 0.3) is 0 Å². The first-order valence-electron chi connectivity index (χ1n) is 9.47. The molecule has 0 aromatic heterocycles. The van der Waals surface area contributed by atoms with Crippen molar-refractivity contribution in [2.45, 2.75) is 26.2 Å². The second-order valence-corrected chi connectivity index (χ2v) is 6.87. The molecule has 0 unspecified atom stereocenters. The monoisotopic (exact) mass is 388 g/mol. The molecule has 0 aliphatic rings. The number of nitrogens with one attached hydrogen (secondary N) is 2. The first-order valence-corrected chi connectivity index (χ1v) is 9.87. The van der Waals surface area contributed by atoms with Crippen molar-refractivity contribution in [3.63, 3.8) is 0 Å². The van der Waals surface area contributed by atoms with E-state index in [-0.39, 0.29) is 0 Å². The Balaban J connectivity index is 1.52. The molecule has 4 nitrogen and oxygen atoms in total. The lowest BCUT2D eigenvalue weighted by Gasteiger charge is -2.11. The van der Waals surface area contributed by atoms with Gasteiger partial charge in [0, 0.05) is 11.4 Å². The maximum atomic E-state index is 5.40. The molecule has 5 heteroatoms. The third-order valence-corrected chi connectivity index (χ3v) is 4.40. The summed E-state index contributed by atoms with van der Waals surface area (Å²) in [6.07, 6.45) is 3.54. The Morgan fingerprint density at radius 2 is 1.29 bits per heavy atom. The highest BCUT2D eigenvalue weighted by Crippen LogP contribution is 2.20. The van der Waals surface area contributed by atoms with Crippen LogP contribution in [0.3, 0.4) is 0 Å². The summed E-state index contributed by atoms with van der Waals surface area (Å²) in [6.45, 7) is 2.21. The molecule has 0 saturated carbocycles. The van der Waals surface area contributed by atoms with Crippen molar-refractivity contribution in [3.05, 3.63) is 84.4 Å². The molecule has 142 valence electrons. The van der Waals surface area contributed by atoms with Gasteiger partial charge < -0.3 is 10.6 Å². The summed E-state index contributed by atoms with van der Waals surface area (Å²) >= 11 is 5.40. The topological polar surface area (TPSA) is 48.8 Å². The second-order valence-electron chi connectivity index (χ2n) is 6.46. The summed E-state index contributed by atoms with van der Waals surface area (Å²) < 4.78 is 0. The average molecular weight is 389 g/mol. The molecule has 0 fully saturated rings. The quantitative estimate of drug-likeness (QED) is 0.331. The Morgan fingerprint density at radius 1 is 0.750 bits per heavy atom. The fraction of sp³-hybridized carbons (Fsp3) is 0.174. The van der Waals surface area contributed by atoms with E-state index in [0.717, 1.165) is 29.2 Å². The molecule has 0 aliphatic heterocycles. The first kappa shape index (κ1) is 19.7. The molecule has 0 heterocycles. The van der Waals surface area contributed by atoms with Crippen LogP contribution in [-0.2, 0) is 6.42 Å². The van der Waals surface area contributed by atoms with Gasteiger partial charge in [0.15, 0.2) is 5.11 Å². The highest BCUT2D eigenvalue weighted by Gasteiger charge is 2.00. The summed E-state index contributed by atoms with van der Waals surface area (Å²) in [5.74, 6) is 0. The lowest BCUT2D eigenvalue weighted by Crippen LogP contribution is -2.18. The third-order valence-electron chi connectivity index (χ3n) is 4.19. The lowest BCUT2D eigenvalue weighted by atomic mass is 10.1. The molecule has 2 N–H and O–H groups in total. The van der Waals surface area contributed by atoms with E-state index >= 15 is 0 Å². The molecular formula is C23H24N4S. The minimum absolute atomic E-state index is 0.556. The fourth-order valence-corrected chi connectivity index (χ4v) is 2.89. The Bertz CT molecular complexity index is 904. The maximum Gasteiger partial charge on any atom is 0.175 e. The number of aryl methyl sites for hydroxylation is 1. The van der Waals surface area contributed by atoms with E-state index < -0.39 is 0 Å². The average Bonchev–Trinajstić information content (AvgIpc) is 2.73. The number of anilines is 2. The number of unbranched alkanes of at least 4 members (excludes halogenated alkanes) is 1. The summed E-state index contributed by atoms with van der Waals surface area (Å²) in [6, 6.07) is 25.7. The van der Waals surface area contributed by atoms with Crippen LogP contribution >= 0.6 is 12.2 Å². The Kier molecular flexibility index (Phi) is 7.27. The Morgan fingerprint density at radius 3 is 1.86 bits per heavy atom. The van der Waals surface area contributed by atoms with E-state index in [0.29, 0.717) is 5.11 Å². The van der Waals surface area contributed by atoms with E-state index in [1.54, 1.807) is 0 Å². The van der Waals surface area contributed by atoms with E-state index in [9.17, 15) is 0 Å². The minimum atomic E-state index is 0.556. The van der Waals surface area contributed by atoms with Crippen LogP contribution in [0.1, 0.15) is 25.3 Å². The van der Waals surface area contributed by atoms with Crippen LogP contribution in [0.5, 0.6) is 0 Å². The van der Waals surface area contributed by atoms with Gasteiger partial charge in [0.1, 0.15) is 0 Å². The first-order chi connectivity index (χ1) is 13.7. The van der Waals surface area contributed by atoms with Crippen molar-refractivity contribution in [1.29, 1.82) is 0 Å². The summed E-state index contributed by atoms with van der Waals surface area (Å²) in [5.41, 5.74) is 4.85. The summed E-state index contributed by atoms with van der Waals surface area (Å²) in [5, 5.41) is 15.4. The molecule has 3 rings (SSSR count). The number of hydrogen-bond acceptors (Lipinski definition) is 3. The minimum Gasteiger partial charge on any atom is -0.332 e. The van der Waals surface area contributed by atoms with E-state index in [1.807, 2.05) is 54.6 Å². The van der Waals surface area contributed by atoms with Crippen molar-refractivity contribution in [2.24, 2.45) is 10.2 Å². The predicted octanol–water partition coefficient (Wildman–Crippen LogP) is 7.25. The standard InChI is InChI=1S/C23H24N4S/c1-2-3-7-18-10-12-19(13-11-18)24-23(28)25-20-14-16-22(17-15-20)27-26-21-8-5-4-6-9-21/h4-6,8-17H,2-3,7H2,1H3,(H2,24,25,28). The van der Waals surface area contributed by atoms with Gasteiger partial charge in [-0.1, -0.05) is 43.7 Å². The molecule has 0 aliphatic carbocycles. The van der Waals surface area contributed by atoms with Gasteiger partial charge in [-0.3, -0.25) is 0 Å². The van der Waals surface area contributed by atoms with Crippen LogP contribution in [0.2, 0.25) is 0 Å². The van der Waals surface area contributed by atoms with E-state index in [2.05, 4.69) is 52.1 Å². The number of rotatable bonds is 7. The number of azo groups is 1. The van der Waals surface area contributed by atoms with Gasteiger partial charge >= 0.3 is 0 Å². The number of hydrogen-bond donors (Lipinski definition) is 2. The fourth-order valence-electron chi connectivity index (χ4n) is 2.65. The van der Waals surface area contributed by atoms with Crippen LogP contribution in [0.25, 0.3) is 0 Å². The van der Waals surface area contributed by atoms with Crippen LogP contribution in [0.4, 0.5) is 22.7 Å². The molecule has 0 radical (unpaired) electrons. The van der Waals surface area contributed by atoms with E-state index in [4.69, 9.17) is 12.2 Å². The summed E-state index contributed by atoms with van der Waals surface area (Å²) in [7, 11) is 0. The van der Waals surface area contributed by atoms with Crippen molar-refractivity contribution >= 4 is 40.1 Å². The second kappa shape index (κ2) is 10.3. The Hall–Kier alpha value is -3.05. The number of benzene rings is 3. The van der Waals surface area contributed by atoms with Crippen molar-refractivity contribution in [1.82, 2.24) is 0 Å². The van der Waals surface area contributed by atoms with Crippen LogP contribution < -0.4 is 10.6 Å². The Labute approximate surface area is 171 Å². The van der Waals surface area contributed by atoms with Gasteiger partial charge in [-0.05, 0) is 79.2 Å². The van der Waals surface area contributed by atoms with Gasteiger partial charge in [0.2, 0.25) is 0 Å². The molecule has 0 spiro atoms. The van der Waals surface area contributed by atoms with Crippen LogP contribution in [0, 0.1) is 0 Å². The molecular weight excluding hydrogens is 364 g/mol. The van der Waals surface area contributed by atoms with Gasteiger partial charge in [-0.25, -0.2) is 0 Å². The van der Waals surface area contributed by atoms with Crippen molar-refractivity contribution < 1.29 is 0 Å². The van der Waals surface area contributed by atoms with Crippen molar-refractivity contribution in [2.75, 3.05) is 10.6 Å². The zero-order chi connectivity index (χ0) is 19.6. The third kappa shape index (κ3) is 6.28. The molecule has 3 aromatic carbocycles. The maximum absolute atomic E-state index is 5.40. The van der Waals surface area contributed by atoms with Gasteiger partial charge in [0.05, 0.1) is 11.4 Å². The van der Waals surface area contributed by atoms with Gasteiger partial charge in [-0.15, -0.1) is 0 Å². The van der Waals surface area contributed by atoms with Crippen LogP contribution in [0.15, 0.2) is 89.1 Å². The highest BCUT2D eigenvalue weighted by molar-refractivity contribution is 7.80. The molecule has 3 aromatic rings. The van der Waals surface area contributed by atoms with E-state index in [1.165, 1.54) is 18.4 Å². The SMILES string of the molecule is CCCCc1ccc(NC(=S)Nc2ccc(N=Nc3ccccc3)cc2)cc1. The number of thiocarbonyl (C=S) groups is 1. The molecule has 0 amide bonds. The molecule has 0 atom stereocenters. The smallest absolute Gasteiger partial charge is 0.175 e. The van der Waals surface area contributed by atoms with Crippen molar-refractivity contribution in [3.8, 4) is 0 Å². The zero-order valence-electron chi connectivity index (χ0n) is 15.9. The normalized spacial score (nSPS) is 10.8. The molecule has 0 saturated heterocycles. The van der Waals surface area contributed by atoms with Gasteiger partial charge in [-0.2, -0.15) is 10.2 Å². The van der Waals surface area contributed by atoms with Crippen LogP contribution in [-0.4, -0.2) is 5.11 Å². The number of nitrogens with zero attached hydrogens (tertiary/aromatic N) is 2. The lowest BCUT2D eigenvalue weighted by molar-refractivity contribution is 0.795. The predicted molar refractivity (Wildman–Crippen MR) is 122 cm³/mol. The highest BCUT2D eigenvalue weighted by atomic mass is 32.1. The zero-order valence-corrected chi connectivity index (χ0v) is 16.7.